The summed E-state index contributed by atoms with van der Waals surface area (Å²) in [6.45, 7) is 0. The van der Waals surface area contributed by atoms with Gasteiger partial charge in [-0.05, 0) is 12.1 Å². The summed E-state index contributed by atoms with van der Waals surface area (Å²) in [5.41, 5.74) is -0.296. The Bertz CT molecular complexity index is 538. The maximum Gasteiger partial charge on any atom is 0.339 e. The molecular formula is C8H5Cl3O4S. The molecule has 0 heterocycles. The summed E-state index contributed by atoms with van der Waals surface area (Å²) in [4.78, 5) is 10.8. The van der Waals surface area contributed by atoms with Crippen LogP contribution in [-0.4, -0.2) is 21.5 Å². The number of ether oxygens (including phenoxy) is 1. The second-order valence-corrected chi connectivity index (χ2v) is 6.04. The predicted molar refractivity (Wildman–Crippen MR) is 60.8 cm³/mol. The lowest BCUT2D eigenvalue weighted by molar-refractivity contribution is 0.0596. The molecule has 0 unspecified atom stereocenters. The number of esters is 1. The zero-order valence-electron chi connectivity index (χ0n) is 7.83. The van der Waals surface area contributed by atoms with Crippen LogP contribution in [0.1, 0.15) is 10.4 Å². The van der Waals surface area contributed by atoms with Crippen LogP contribution in [-0.2, 0) is 13.8 Å². The molecule has 1 aromatic rings. The molecule has 16 heavy (non-hydrogen) atoms. The fourth-order valence-electron chi connectivity index (χ4n) is 1.07. The van der Waals surface area contributed by atoms with E-state index in [1.54, 1.807) is 0 Å². The molecule has 0 saturated carbocycles. The Morgan fingerprint density at radius 3 is 2.31 bits per heavy atom. The van der Waals surface area contributed by atoms with Crippen molar-refractivity contribution in [2.45, 2.75) is 4.90 Å². The molecular weight excluding hydrogens is 299 g/mol. The number of rotatable bonds is 2. The molecule has 0 amide bonds. The highest BCUT2D eigenvalue weighted by atomic mass is 35.7. The molecule has 1 aromatic carbocycles. The second kappa shape index (κ2) is 4.79. The molecule has 0 aliphatic heterocycles. The highest BCUT2D eigenvalue weighted by Gasteiger charge is 2.25. The average Bonchev–Trinajstić information content (AvgIpc) is 2.12. The van der Waals surface area contributed by atoms with Gasteiger partial charge >= 0.3 is 5.97 Å². The number of carbonyl (C=O) groups is 1. The first-order valence-electron chi connectivity index (χ1n) is 3.79. The molecule has 4 nitrogen and oxygen atoms in total. The predicted octanol–water partition coefficient (Wildman–Crippen LogP) is 2.71. The molecule has 0 radical (unpaired) electrons. The average molecular weight is 304 g/mol. The van der Waals surface area contributed by atoms with Crippen molar-refractivity contribution in [1.82, 2.24) is 0 Å². The standard InChI is InChI=1S/C8H5Cl3O4S/c1-15-8(12)5-2-4(9)3-6(10)7(5)16(11,13)14/h2-3H,1H3. The summed E-state index contributed by atoms with van der Waals surface area (Å²) >= 11 is 11.3. The van der Waals surface area contributed by atoms with Crippen molar-refractivity contribution in [1.29, 1.82) is 0 Å². The van der Waals surface area contributed by atoms with Gasteiger partial charge in [-0.1, -0.05) is 23.2 Å². The Morgan fingerprint density at radius 1 is 1.31 bits per heavy atom. The van der Waals surface area contributed by atoms with Gasteiger partial charge in [-0.2, -0.15) is 0 Å². The number of halogens is 3. The minimum Gasteiger partial charge on any atom is -0.465 e. The van der Waals surface area contributed by atoms with Crippen LogP contribution < -0.4 is 0 Å². The van der Waals surface area contributed by atoms with E-state index in [0.717, 1.165) is 13.2 Å². The third kappa shape index (κ3) is 2.79. The van der Waals surface area contributed by atoms with E-state index in [0.29, 0.717) is 0 Å². The number of carbonyl (C=O) groups excluding carboxylic acids is 1. The van der Waals surface area contributed by atoms with Crippen LogP contribution in [0.4, 0.5) is 0 Å². The van der Waals surface area contributed by atoms with E-state index in [1.807, 2.05) is 0 Å². The topological polar surface area (TPSA) is 60.4 Å². The van der Waals surface area contributed by atoms with E-state index in [1.165, 1.54) is 6.07 Å². The van der Waals surface area contributed by atoms with E-state index in [4.69, 9.17) is 33.9 Å². The van der Waals surface area contributed by atoms with Crippen LogP contribution in [0.5, 0.6) is 0 Å². The molecule has 88 valence electrons. The summed E-state index contributed by atoms with van der Waals surface area (Å²) in [6.07, 6.45) is 0. The lowest BCUT2D eigenvalue weighted by Gasteiger charge is -2.07. The van der Waals surface area contributed by atoms with Crippen molar-refractivity contribution in [3.05, 3.63) is 27.7 Å². The van der Waals surface area contributed by atoms with Gasteiger partial charge in [-0.25, -0.2) is 13.2 Å². The van der Waals surface area contributed by atoms with Crippen molar-refractivity contribution in [3.8, 4) is 0 Å². The van der Waals surface area contributed by atoms with Crippen molar-refractivity contribution in [3.63, 3.8) is 0 Å². The van der Waals surface area contributed by atoms with Gasteiger partial charge in [0.1, 0.15) is 4.90 Å². The van der Waals surface area contributed by atoms with Crippen LogP contribution in [0.15, 0.2) is 17.0 Å². The fraction of sp³-hybridized carbons (Fsp3) is 0.125. The molecule has 0 aromatic heterocycles. The van der Waals surface area contributed by atoms with Crippen LogP contribution in [0, 0.1) is 0 Å². The van der Waals surface area contributed by atoms with Gasteiger partial charge in [0.15, 0.2) is 0 Å². The Labute approximate surface area is 106 Å². The van der Waals surface area contributed by atoms with Crippen LogP contribution >= 0.6 is 33.9 Å². The van der Waals surface area contributed by atoms with Gasteiger partial charge in [0.2, 0.25) is 0 Å². The zero-order chi connectivity index (χ0) is 12.5. The van der Waals surface area contributed by atoms with E-state index in [9.17, 15) is 13.2 Å². The van der Waals surface area contributed by atoms with E-state index in [-0.39, 0.29) is 15.6 Å². The maximum absolute atomic E-state index is 11.3. The van der Waals surface area contributed by atoms with Crippen LogP contribution in [0.3, 0.4) is 0 Å². The van der Waals surface area contributed by atoms with Gasteiger partial charge in [-0.3, -0.25) is 0 Å². The van der Waals surface area contributed by atoms with E-state index >= 15 is 0 Å². The van der Waals surface area contributed by atoms with Crippen LogP contribution in [0.2, 0.25) is 10.0 Å². The largest absolute Gasteiger partial charge is 0.465 e. The minimum absolute atomic E-state index is 0.106. The first kappa shape index (κ1) is 13.6. The van der Waals surface area contributed by atoms with Crippen LogP contribution in [0.25, 0.3) is 0 Å². The highest BCUT2D eigenvalue weighted by molar-refractivity contribution is 8.13. The number of hydrogen-bond acceptors (Lipinski definition) is 4. The number of methoxy groups -OCH3 is 1. The molecule has 0 aliphatic rings. The van der Waals surface area contributed by atoms with Crippen molar-refractivity contribution < 1.29 is 17.9 Å². The molecule has 0 bridgehead atoms. The lowest BCUT2D eigenvalue weighted by Crippen LogP contribution is -2.08. The quantitative estimate of drug-likeness (QED) is 0.622. The lowest BCUT2D eigenvalue weighted by atomic mass is 10.2. The summed E-state index contributed by atoms with van der Waals surface area (Å²) in [6, 6.07) is 2.29. The van der Waals surface area contributed by atoms with Gasteiger partial charge in [0.05, 0.1) is 17.7 Å². The Balaban J connectivity index is 3.64. The Kier molecular flexibility index (Phi) is 4.07. The maximum atomic E-state index is 11.3. The third-order valence-electron chi connectivity index (χ3n) is 1.66. The first-order valence-corrected chi connectivity index (χ1v) is 6.86. The van der Waals surface area contributed by atoms with Crippen molar-refractivity contribution in [2.75, 3.05) is 7.11 Å². The molecule has 0 saturated heterocycles. The second-order valence-electron chi connectivity index (χ2n) is 2.69. The zero-order valence-corrected chi connectivity index (χ0v) is 10.9. The normalized spacial score (nSPS) is 11.2. The van der Waals surface area contributed by atoms with Gasteiger partial charge in [0.25, 0.3) is 9.05 Å². The van der Waals surface area contributed by atoms with Gasteiger partial charge < -0.3 is 4.74 Å². The molecule has 0 fully saturated rings. The van der Waals surface area contributed by atoms with Crippen molar-refractivity contribution in [2.24, 2.45) is 0 Å². The molecule has 0 spiro atoms. The monoisotopic (exact) mass is 302 g/mol. The summed E-state index contributed by atoms with van der Waals surface area (Å²) in [5.74, 6) is -0.886. The van der Waals surface area contributed by atoms with Gasteiger partial charge in [0, 0.05) is 15.7 Å². The minimum atomic E-state index is -4.16. The highest BCUT2D eigenvalue weighted by Crippen LogP contribution is 2.32. The molecule has 0 atom stereocenters. The molecule has 8 heteroatoms. The molecule has 0 aliphatic carbocycles. The number of benzene rings is 1. The Hall–Kier alpha value is -0.490. The Morgan fingerprint density at radius 2 is 1.88 bits per heavy atom. The molecule has 1 rings (SSSR count). The van der Waals surface area contributed by atoms with E-state index in [2.05, 4.69) is 4.74 Å². The summed E-state index contributed by atoms with van der Waals surface area (Å²) < 4.78 is 26.9. The number of hydrogen-bond donors (Lipinski definition) is 0. The third-order valence-corrected chi connectivity index (χ3v) is 3.68. The SMILES string of the molecule is COC(=O)c1cc(Cl)cc(Cl)c1S(=O)(=O)Cl. The fourth-order valence-corrected chi connectivity index (χ4v) is 3.18. The van der Waals surface area contributed by atoms with E-state index < -0.39 is 19.9 Å². The smallest absolute Gasteiger partial charge is 0.339 e. The first-order chi connectivity index (χ1) is 7.27. The van der Waals surface area contributed by atoms with Gasteiger partial charge in [-0.15, -0.1) is 0 Å². The summed E-state index contributed by atoms with van der Waals surface area (Å²) in [7, 11) is 2.10. The summed E-state index contributed by atoms with van der Waals surface area (Å²) in [5, 5.41) is -0.127. The molecule has 0 N–H and O–H groups in total. The van der Waals surface area contributed by atoms with Crippen molar-refractivity contribution >= 4 is 48.9 Å².